The number of imidazole rings is 1. The highest BCUT2D eigenvalue weighted by Crippen LogP contribution is 2.44. The fraction of sp³-hybridized carbons (Fsp3) is 0.263. The smallest absolute Gasteiger partial charge is 0.256 e. The summed E-state index contributed by atoms with van der Waals surface area (Å²) in [4.78, 5) is 26.7. The molecule has 14 heteroatoms. The second-order valence-electron chi connectivity index (χ2n) is 17.9. The number of amides is 1. The summed E-state index contributed by atoms with van der Waals surface area (Å²) in [6.07, 6.45) is -5.84. The Labute approximate surface area is 411 Å². The van der Waals surface area contributed by atoms with Crippen LogP contribution < -0.4 is 5.32 Å². The van der Waals surface area contributed by atoms with Crippen molar-refractivity contribution in [3.8, 4) is 0 Å². The molecule has 0 radical (unpaired) electrons. The molecule has 14 nitrogen and oxygen atoms in total. The predicted molar refractivity (Wildman–Crippen MR) is 265 cm³/mol. The summed E-state index contributed by atoms with van der Waals surface area (Å²) in [6.45, 7) is 0.355. The van der Waals surface area contributed by atoms with Crippen molar-refractivity contribution in [2.75, 3.05) is 18.5 Å². The van der Waals surface area contributed by atoms with Crippen LogP contribution in [-0.2, 0) is 42.5 Å². The van der Waals surface area contributed by atoms with E-state index in [1.54, 1.807) is 28.8 Å². The minimum atomic E-state index is -1.43. The molecule has 4 heterocycles. The van der Waals surface area contributed by atoms with Crippen LogP contribution in [0.4, 0.5) is 5.82 Å². The van der Waals surface area contributed by atoms with E-state index in [9.17, 15) is 20.1 Å². The average molecular weight is 954 g/mol. The summed E-state index contributed by atoms with van der Waals surface area (Å²) in [5.74, 6) is -0.854. The first-order valence-corrected chi connectivity index (χ1v) is 23.8. The molecule has 2 aliphatic rings. The molecule has 6 aromatic carbocycles. The summed E-state index contributed by atoms with van der Waals surface area (Å²) < 4.78 is 35.3. The number of aliphatic hydroxyl groups excluding tert-OH is 3. The van der Waals surface area contributed by atoms with Gasteiger partial charge in [0.2, 0.25) is 0 Å². The van der Waals surface area contributed by atoms with Gasteiger partial charge in [-0.05, 0) is 46.4 Å². The first kappa shape index (κ1) is 47.7. The van der Waals surface area contributed by atoms with Crippen molar-refractivity contribution in [2.45, 2.75) is 74.2 Å². The predicted octanol–water partition coefficient (Wildman–Crippen LogP) is 7.64. The van der Waals surface area contributed by atoms with Crippen LogP contribution in [0.3, 0.4) is 0 Å². The van der Waals surface area contributed by atoms with Gasteiger partial charge in [0.15, 0.2) is 23.2 Å². The Hall–Kier alpha value is -6.98. The first-order valence-electron chi connectivity index (χ1n) is 23.8. The number of benzene rings is 6. The van der Waals surface area contributed by atoms with Crippen LogP contribution in [0.15, 0.2) is 195 Å². The van der Waals surface area contributed by atoms with Crippen molar-refractivity contribution in [2.24, 2.45) is 5.92 Å². The molecule has 0 saturated carbocycles. The van der Waals surface area contributed by atoms with Gasteiger partial charge < -0.3 is 44.3 Å². The molecule has 2 aliphatic heterocycles. The summed E-state index contributed by atoms with van der Waals surface area (Å²) in [7, 11) is 0. The second-order valence-corrected chi connectivity index (χ2v) is 17.9. The number of carbonyl (C=O) groups is 1. The molecule has 2 saturated heterocycles. The molecule has 9 atom stereocenters. The SMILES string of the molecule is O=C(Nc1ncnc2c1ncn2[C@@H]1O[C@H](COCc2ccccc2)[C@@H](C[C@H]2O[C@H](COC(c3ccccc3)(c3ccccc3)c3ccccc3)[C@@H](O)[C@H](O)[C@H]2OCc2ccccc2)[C@H]1O)c1ccccc1. The minimum Gasteiger partial charge on any atom is -0.388 e. The summed E-state index contributed by atoms with van der Waals surface area (Å²) in [5, 5.41) is 39.7. The van der Waals surface area contributed by atoms with E-state index in [-0.39, 0.29) is 38.0 Å². The van der Waals surface area contributed by atoms with Gasteiger partial charge in [-0.2, -0.15) is 0 Å². The van der Waals surface area contributed by atoms with Gasteiger partial charge in [-0.25, -0.2) is 15.0 Å². The lowest BCUT2D eigenvalue weighted by molar-refractivity contribution is -0.255. The van der Waals surface area contributed by atoms with E-state index in [4.69, 9.17) is 23.7 Å². The number of nitrogens with one attached hydrogen (secondary N) is 1. The molecule has 0 spiro atoms. The van der Waals surface area contributed by atoms with E-state index in [0.29, 0.717) is 23.3 Å². The number of hydrogen-bond donors (Lipinski definition) is 4. The lowest BCUT2D eigenvalue weighted by atomic mass is 9.80. The topological polar surface area (TPSA) is 180 Å². The number of aromatic nitrogens is 4. The maximum Gasteiger partial charge on any atom is 0.256 e. The maximum absolute atomic E-state index is 13.2. The van der Waals surface area contributed by atoms with E-state index in [1.807, 2.05) is 158 Å². The third kappa shape index (κ3) is 10.3. The Bertz CT molecular complexity index is 2840. The normalized spacial score (nSPS) is 23.4. The van der Waals surface area contributed by atoms with Gasteiger partial charge in [0.05, 0.1) is 45.0 Å². The van der Waals surface area contributed by atoms with Crippen LogP contribution in [0, 0.1) is 5.92 Å². The third-order valence-electron chi connectivity index (χ3n) is 13.4. The number of carbonyl (C=O) groups excluding carboxylic acids is 1. The van der Waals surface area contributed by atoms with Gasteiger partial charge in [0, 0.05) is 11.5 Å². The van der Waals surface area contributed by atoms with Crippen molar-refractivity contribution >= 4 is 22.9 Å². The lowest BCUT2D eigenvalue weighted by Crippen LogP contribution is -2.60. The molecule has 0 aliphatic carbocycles. The molecule has 0 unspecified atom stereocenters. The number of fused-ring (bicyclic) bond motifs is 1. The molecule has 4 N–H and O–H groups in total. The molecule has 362 valence electrons. The van der Waals surface area contributed by atoms with E-state index in [0.717, 1.165) is 27.8 Å². The van der Waals surface area contributed by atoms with Gasteiger partial charge in [-0.3, -0.25) is 9.36 Å². The number of rotatable bonds is 18. The largest absolute Gasteiger partial charge is 0.388 e. The molecular weight excluding hydrogens is 899 g/mol. The Kier molecular flexibility index (Phi) is 14.8. The Morgan fingerprint density at radius 3 is 1.73 bits per heavy atom. The van der Waals surface area contributed by atoms with Crippen LogP contribution in [0.2, 0.25) is 0 Å². The van der Waals surface area contributed by atoms with Gasteiger partial charge in [-0.1, -0.05) is 170 Å². The van der Waals surface area contributed by atoms with E-state index in [2.05, 4.69) is 20.3 Å². The molecule has 2 aromatic heterocycles. The van der Waals surface area contributed by atoms with Crippen molar-refractivity contribution in [3.63, 3.8) is 0 Å². The Balaban J connectivity index is 0.971. The summed E-state index contributed by atoms with van der Waals surface area (Å²) >= 11 is 0. The van der Waals surface area contributed by atoms with Crippen LogP contribution in [-0.4, -0.2) is 96.7 Å². The number of aliphatic hydroxyl groups is 3. The van der Waals surface area contributed by atoms with Gasteiger partial charge in [0.1, 0.15) is 42.4 Å². The standard InChI is InChI=1S/C57H55N5O9/c63-49-44(46(34-67-32-38-19-7-1-8-20-38)71-56(49)62-37-60-48-53(58-36-59-54(48)62)61-55(66)40-23-11-3-12-24-40)31-45-52(68-33-39-21-9-2-10-22-39)51(65)50(64)47(70-45)35-69-57(41-25-13-4-14-26-41,42-27-15-5-16-28-42)43-29-17-6-18-30-43/h1-30,36-37,44-47,49-52,56,63-65H,31-35H2,(H,58,59,61,66)/t44-,45-,46-,47-,49-,50-,51+,52+,56-/m1/s1. The maximum atomic E-state index is 13.2. The van der Waals surface area contributed by atoms with Crippen molar-refractivity contribution in [1.82, 2.24) is 19.5 Å². The molecule has 2 fully saturated rings. The Morgan fingerprint density at radius 1 is 0.592 bits per heavy atom. The van der Waals surface area contributed by atoms with Crippen molar-refractivity contribution in [1.29, 1.82) is 0 Å². The van der Waals surface area contributed by atoms with Gasteiger partial charge >= 0.3 is 0 Å². The monoisotopic (exact) mass is 953 g/mol. The van der Waals surface area contributed by atoms with Crippen LogP contribution in [0.5, 0.6) is 0 Å². The molecule has 8 aromatic rings. The zero-order valence-electron chi connectivity index (χ0n) is 38.8. The summed E-state index contributed by atoms with van der Waals surface area (Å²) in [5.41, 5.74) is 4.34. The molecule has 0 bridgehead atoms. The zero-order chi connectivity index (χ0) is 48.6. The fourth-order valence-corrected chi connectivity index (χ4v) is 9.80. The third-order valence-corrected chi connectivity index (χ3v) is 13.4. The fourth-order valence-electron chi connectivity index (χ4n) is 9.80. The quantitative estimate of drug-likeness (QED) is 0.0619. The second kappa shape index (κ2) is 22.0. The van der Waals surface area contributed by atoms with E-state index in [1.165, 1.54) is 12.7 Å². The average Bonchev–Trinajstić information content (AvgIpc) is 3.99. The van der Waals surface area contributed by atoms with Crippen molar-refractivity contribution in [3.05, 3.63) is 228 Å². The summed E-state index contributed by atoms with van der Waals surface area (Å²) in [6, 6.07) is 57.8. The van der Waals surface area contributed by atoms with Crippen molar-refractivity contribution < 1.29 is 43.8 Å². The number of nitrogens with zero attached hydrogens (tertiary/aromatic N) is 4. The van der Waals surface area contributed by atoms with E-state index >= 15 is 0 Å². The highest BCUT2D eigenvalue weighted by atomic mass is 16.6. The molecule has 10 rings (SSSR count). The van der Waals surface area contributed by atoms with Gasteiger partial charge in [-0.15, -0.1) is 0 Å². The van der Waals surface area contributed by atoms with Crippen LogP contribution >= 0.6 is 0 Å². The van der Waals surface area contributed by atoms with Crippen LogP contribution in [0.25, 0.3) is 11.2 Å². The van der Waals surface area contributed by atoms with E-state index < -0.39 is 60.5 Å². The molecule has 1 amide bonds. The highest BCUT2D eigenvalue weighted by Gasteiger charge is 2.52. The van der Waals surface area contributed by atoms with Crippen LogP contribution in [0.1, 0.15) is 50.8 Å². The number of ether oxygens (including phenoxy) is 5. The highest BCUT2D eigenvalue weighted by molar-refractivity contribution is 6.06. The molecular formula is C57H55N5O9. The number of anilines is 1. The number of hydrogen-bond acceptors (Lipinski definition) is 12. The zero-order valence-corrected chi connectivity index (χ0v) is 38.8. The lowest BCUT2D eigenvalue weighted by Gasteiger charge is -2.45. The molecule has 71 heavy (non-hydrogen) atoms. The minimum absolute atomic E-state index is 0.0842. The van der Waals surface area contributed by atoms with Gasteiger partial charge in [0.25, 0.3) is 5.91 Å². The first-order chi connectivity index (χ1) is 34.9. The Morgan fingerprint density at radius 2 is 1.14 bits per heavy atom.